The molecule has 3 rings (SSSR count). The Balaban J connectivity index is 1.85. The molecule has 1 saturated heterocycles. The minimum absolute atomic E-state index is 0.133. The van der Waals surface area contributed by atoms with Crippen molar-refractivity contribution >= 4 is 29.2 Å². The lowest BCUT2D eigenvalue weighted by molar-refractivity contribution is -0.121. The van der Waals surface area contributed by atoms with Gasteiger partial charge in [-0.2, -0.15) is 0 Å². The number of piperazine rings is 1. The standard InChI is InChI=1S/C20H26ClFN4O3/c1-20(2,12-27)11-26(14-5-3-4-13(22)8-14)19(29)24-6-7-25-16(10-24)15(18(23)28)9-17(25)21/h3-5,8-9,15-16,27H,6-7,10-12H2,1-2H3,(H2,23,28). The average molecular weight is 425 g/mol. The topological polar surface area (TPSA) is 90.1 Å². The van der Waals surface area contributed by atoms with Crippen molar-refractivity contribution in [2.24, 2.45) is 17.1 Å². The van der Waals surface area contributed by atoms with E-state index in [0.717, 1.165) is 0 Å². The summed E-state index contributed by atoms with van der Waals surface area (Å²) in [7, 11) is 0. The van der Waals surface area contributed by atoms with Crippen molar-refractivity contribution in [2.45, 2.75) is 19.9 Å². The predicted octanol–water partition coefficient (Wildman–Crippen LogP) is 1.95. The summed E-state index contributed by atoms with van der Waals surface area (Å²) < 4.78 is 13.8. The summed E-state index contributed by atoms with van der Waals surface area (Å²) in [5.74, 6) is -1.52. The van der Waals surface area contributed by atoms with Crippen LogP contribution in [0, 0.1) is 17.2 Å². The Labute approximate surface area is 174 Å². The van der Waals surface area contributed by atoms with Gasteiger partial charge in [-0.25, -0.2) is 9.18 Å². The molecule has 0 bridgehead atoms. The summed E-state index contributed by atoms with van der Waals surface area (Å²) in [6.45, 7) is 4.86. The molecule has 158 valence electrons. The van der Waals surface area contributed by atoms with E-state index in [1.165, 1.54) is 17.0 Å². The van der Waals surface area contributed by atoms with E-state index < -0.39 is 23.1 Å². The van der Waals surface area contributed by atoms with Crippen molar-refractivity contribution in [1.29, 1.82) is 0 Å². The number of carbonyl (C=O) groups is 2. The molecular formula is C20H26ClFN4O3. The van der Waals surface area contributed by atoms with Crippen LogP contribution < -0.4 is 10.6 Å². The fourth-order valence-electron chi connectivity index (χ4n) is 3.75. The Bertz CT molecular complexity index is 832. The molecule has 1 fully saturated rings. The van der Waals surface area contributed by atoms with Crippen molar-refractivity contribution < 1.29 is 19.1 Å². The normalized spacial score (nSPS) is 21.6. The third-order valence-corrected chi connectivity index (χ3v) is 5.73. The smallest absolute Gasteiger partial charge is 0.324 e. The van der Waals surface area contributed by atoms with Crippen LogP contribution in [0.2, 0.25) is 0 Å². The zero-order valence-electron chi connectivity index (χ0n) is 16.5. The number of anilines is 1. The monoisotopic (exact) mass is 424 g/mol. The highest BCUT2D eigenvalue weighted by Gasteiger charge is 2.42. The third-order valence-electron chi connectivity index (χ3n) is 5.39. The van der Waals surface area contributed by atoms with Gasteiger partial charge in [0.25, 0.3) is 0 Å². The van der Waals surface area contributed by atoms with Gasteiger partial charge in [0, 0.05) is 43.9 Å². The maximum atomic E-state index is 13.8. The van der Waals surface area contributed by atoms with Crippen molar-refractivity contribution in [3.63, 3.8) is 0 Å². The molecule has 0 saturated carbocycles. The van der Waals surface area contributed by atoms with E-state index >= 15 is 0 Å². The number of primary amides is 1. The van der Waals surface area contributed by atoms with Gasteiger partial charge < -0.3 is 20.6 Å². The zero-order valence-corrected chi connectivity index (χ0v) is 17.3. The first-order valence-corrected chi connectivity index (χ1v) is 9.87. The molecule has 2 unspecified atom stereocenters. The number of urea groups is 1. The highest BCUT2D eigenvalue weighted by Crippen LogP contribution is 2.33. The van der Waals surface area contributed by atoms with E-state index in [1.54, 1.807) is 23.1 Å². The highest BCUT2D eigenvalue weighted by molar-refractivity contribution is 6.29. The van der Waals surface area contributed by atoms with Gasteiger partial charge in [0.15, 0.2) is 0 Å². The Hall–Kier alpha value is -2.32. The van der Waals surface area contributed by atoms with Crippen LogP contribution in [0.25, 0.3) is 0 Å². The predicted molar refractivity (Wildman–Crippen MR) is 109 cm³/mol. The number of carbonyl (C=O) groups excluding carboxylic acids is 2. The van der Waals surface area contributed by atoms with Gasteiger partial charge in [0.05, 0.1) is 12.0 Å². The van der Waals surface area contributed by atoms with Gasteiger partial charge in [-0.05, 0) is 24.3 Å². The number of hydrogen-bond donors (Lipinski definition) is 2. The number of amides is 3. The Morgan fingerprint density at radius 3 is 2.72 bits per heavy atom. The molecule has 9 heteroatoms. The first-order chi connectivity index (χ1) is 13.6. The lowest BCUT2D eigenvalue weighted by Crippen LogP contribution is -2.58. The molecule has 3 amide bonds. The van der Waals surface area contributed by atoms with Crippen LogP contribution in [0.3, 0.4) is 0 Å². The first-order valence-electron chi connectivity index (χ1n) is 9.49. The van der Waals surface area contributed by atoms with Gasteiger partial charge >= 0.3 is 6.03 Å². The molecule has 2 heterocycles. The molecule has 3 N–H and O–H groups in total. The second-order valence-electron chi connectivity index (χ2n) is 8.30. The number of halogens is 2. The number of aliphatic hydroxyl groups excluding tert-OH is 1. The summed E-state index contributed by atoms with van der Waals surface area (Å²) in [6, 6.07) is 5.16. The van der Waals surface area contributed by atoms with Crippen LogP contribution in [-0.2, 0) is 4.79 Å². The number of hydrogen-bond acceptors (Lipinski definition) is 4. The van der Waals surface area contributed by atoms with E-state index in [9.17, 15) is 19.1 Å². The number of benzene rings is 1. The number of rotatable bonds is 5. The average Bonchev–Trinajstić information content (AvgIpc) is 3.02. The molecule has 2 aliphatic rings. The summed E-state index contributed by atoms with van der Waals surface area (Å²) in [5, 5.41) is 10.1. The molecule has 0 spiro atoms. The number of nitrogens with zero attached hydrogens (tertiary/aromatic N) is 3. The molecule has 7 nitrogen and oxygen atoms in total. The second kappa shape index (κ2) is 8.20. The Morgan fingerprint density at radius 1 is 1.38 bits per heavy atom. The quantitative estimate of drug-likeness (QED) is 0.707. The fraction of sp³-hybridized carbons (Fsp3) is 0.500. The second-order valence-corrected chi connectivity index (χ2v) is 8.68. The van der Waals surface area contributed by atoms with Crippen molar-refractivity contribution in [3.05, 3.63) is 41.3 Å². The van der Waals surface area contributed by atoms with Crippen LogP contribution in [0.5, 0.6) is 0 Å². The lowest BCUT2D eigenvalue weighted by atomic mass is 9.94. The van der Waals surface area contributed by atoms with Crippen molar-refractivity contribution in [3.8, 4) is 0 Å². The van der Waals surface area contributed by atoms with Crippen molar-refractivity contribution in [2.75, 3.05) is 37.7 Å². The van der Waals surface area contributed by atoms with Crippen LogP contribution in [0.1, 0.15) is 13.8 Å². The minimum atomic E-state index is -0.586. The van der Waals surface area contributed by atoms with E-state index in [-0.39, 0.29) is 31.8 Å². The summed E-state index contributed by atoms with van der Waals surface area (Å²) in [4.78, 5) is 30.2. The van der Waals surface area contributed by atoms with Gasteiger partial charge in [0.1, 0.15) is 11.0 Å². The van der Waals surface area contributed by atoms with Crippen LogP contribution >= 0.6 is 11.6 Å². The SMILES string of the molecule is CC(C)(CO)CN(C(=O)N1CCN2C(Cl)=CC(C(N)=O)C2C1)c1cccc(F)c1. The molecule has 2 aliphatic heterocycles. The Kier molecular flexibility index (Phi) is 6.05. The van der Waals surface area contributed by atoms with E-state index in [1.807, 2.05) is 18.7 Å². The molecule has 0 radical (unpaired) electrons. The van der Waals surface area contributed by atoms with E-state index in [2.05, 4.69) is 0 Å². The first kappa shape index (κ1) is 21.4. The molecule has 2 atom stereocenters. The van der Waals surface area contributed by atoms with Gasteiger partial charge in [-0.15, -0.1) is 0 Å². The molecule has 29 heavy (non-hydrogen) atoms. The van der Waals surface area contributed by atoms with Gasteiger partial charge in [-0.3, -0.25) is 9.69 Å². The molecule has 0 aromatic heterocycles. The largest absolute Gasteiger partial charge is 0.396 e. The van der Waals surface area contributed by atoms with Crippen molar-refractivity contribution in [1.82, 2.24) is 9.80 Å². The maximum Gasteiger partial charge on any atom is 0.324 e. The highest BCUT2D eigenvalue weighted by atomic mass is 35.5. The summed E-state index contributed by atoms with van der Waals surface area (Å²) >= 11 is 6.23. The van der Waals surface area contributed by atoms with Gasteiger partial charge in [0.2, 0.25) is 5.91 Å². The number of nitrogens with two attached hydrogens (primary N) is 1. The molecular weight excluding hydrogens is 399 g/mol. The van der Waals surface area contributed by atoms with E-state index in [4.69, 9.17) is 17.3 Å². The zero-order chi connectivity index (χ0) is 21.3. The maximum absolute atomic E-state index is 13.8. The number of fused-ring (bicyclic) bond motifs is 1. The Morgan fingerprint density at radius 2 is 2.10 bits per heavy atom. The fourth-order valence-corrected chi connectivity index (χ4v) is 4.09. The molecule has 0 aliphatic carbocycles. The molecule has 1 aromatic carbocycles. The summed E-state index contributed by atoms with van der Waals surface area (Å²) in [5.41, 5.74) is 5.33. The summed E-state index contributed by atoms with van der Waals surface area (Å²) in [6.07, 6.45) is 1.63. The molecule has 1 aromatic rings. The minimum Gasteiger partial charge on any atom is -0.396 e. The van der Waals surface area contributed by atoms with Crippen LogP contribution in [0.15, 0.2) is 35.5 Å². The number of aliphatic hydroxyl groups is 1. The lowest BCUT2D eigenvalue weighted by Gasteiger charge is -2.43. The third kappa shape index (κ3) is 4.48. The van der Waals surface area contributed by atoms with Crippen LogP contribution in [-0.4, -0.2) is 65.7 Å². The van der Waals surface area contributed by atoms with E-state index in [0.29, 0.717) is 23.9 Å². The van der Waals surface area contributed by atoms with Crippen LogP contribution in [0.4, 0.5) is 14.9 Å². The van der Waals surface area contributed by atoms with Gasteiger partial charge in [-0.1, -0.05) is 31.5 Å².